The molecular formula is C17H23NO4. The van der Waals surface area contributed by atoms with Crippen molar-refractivity contribution in [3.63, 3.8) is 0 Å². The van der Waals surface area contributed by atoms with E-state index in [1.165, 1.54) is 0 Å². The van der Waals surface area contributed by atoms with Crippen molar-refractivity contribution in [1.82, 2.24) is 4.90 Å². The minimum absolute atomic E-state index is 0.0919. The highest BCUT2D eigenvalue weighted by Gasteiger charge is 2.25. The van der Waals surface area contributed by atoms with Gasteiger partial charge in [-0.1, -0.05) is 6.07 Å². The van der Waals surface area contributed by atoms with Crippen molar-refractivity contribution in [1.29, 1.82) is 0 Å². The number of ketones is 1. The maximum Gasteiger partial charge on any atom is 0.226 e. The highest BCUT2D eigenvalue weighted by Crippen LogP contribution is 2.28. The second kappa shape index (κ2) is 7.29. The monoisotopic (exact) mass is 305 g/mol. The molecule has 0 aromatic heterocycles. The summed E-state index contributed by atoms with van der Waals surface area (Å²) in [6, 6.07) is 5.52. The number of hydrogen-bond donors (Lipinski definition) is 0. The molecule has 2 rings (SSSR count). The van der Waals surface area contributed by atoms with Crippen LogP contribution < -0.4 is 9.47 Å². The van der Waals surface area contributed by atoms with Crippen molar-refractivity contribution in [3.8, 4) is 11.5 Å². The lowest BCUT2D eigenvalue weighted by molar-refractivity contribution is -0.134. The molecule has 0 aliphatic carbocycles. The Kier molecular flexibility index (Phi) is 5.41. The number of hydrogen-bond acceptors (Lipinski definition) is 4. The summed E-state index contributed by atoms with van der Waals surface area (Å²) >= 11 is 0. The van der Waals surface area contributed by atoms with Crippen LogP contribution in [0.4, 0.5) is 0 Å². The zero-order chi connectivity index (χ0) is 16.1. The molecule has 1 saturated heterocycles. The van der Waals surface area contributed by atoms with E-state index in [1.807, 2.05) is 23.1 Å². The number of benzene rings is 1. The molecule has 5 heteroatoms. The lowest BCUT2D eigenvalue weighted by atomic mass is 9.93. The van der Waals surface area contributed by atoms with E-state index in [4.69, 9.17) is 9.47 Å². The Hall–Kier alpha value is -2.04. The van der Waals surface area contributed by atoms with Gasteiger partial charge in [0.05, 0.1) is 20.6 Å². The van der Waals surface area contributed by atoms with Gasteiger partial charge in [0, 0.05) is 19.0 Å². The molecule has 0 atom stereocenters. The third-order valence-electron chi connectivity index (χ3n) is 4.23. The number of rotatable bonds is 5. The molecular weight excluding hydrogens is 282 g/mol. The smallest absolute Gasteiger partial charge is 0.226 e. The summed E-state index contributed by atoms with van der Waals surface area (Å²) < 4.78 is 10.5. The summed E-state index contributed by atoms with van der Waals surface area (Å²) in [5, 5.41) is 0. The molecule has 0 N–H and O–H groups in total. The van der Waals surface area contributed by atoms with Gasteiger partial charge >= 0.3 is 0 Å². The molecule has 1 amide bonds. The van der Waals surface area contributed by atoms with Crippen molar-refractivity contribution in [3.05, 3.63) is 23.8 Å². The Morgan fingerprint density at radius 3 is 2.32 bits per heavy atom. The molecule has 0 radical (unpaired) electrons. The van der Waals surface area contributed by atoms with E-state index in [0.717, 1.165) is 18.4 Å². The Morgan fingerprint density at radius 1 is 1.14 bits per heavy atom. The SMILES string of the molecule is COc1ccc(CC(=O)N2CCC(C(C)=O)CC2)cc1OC. The van der Waals surface area contributed by atoms with Crippen molar-refractivity contribution in [2.24, 2.45) is 5.92 Å². The first-order chi connectivity index (χ1) is 10.5. The Balaban J connectivity index is 1.96. The molecule has 120 valence electrons. The summed E-state index contributed by atoms with van der Waals surface area (Å²) in [6.07, 6.45) is 1.88. The molecule has 22 heavy (non-hydrogen) atoms. The normalized spacial score (nSPS) is 15.5. The van der Waals surface area contributed by atoms with Crippen LogP contribution in [0.5, 0.6) is 11.5 Å². The van der Waals surface area contributed by atoms with Gasteiger partial charge in [0.25, 0.3) is 0 Å². The van der Waals surface area contributed by atoms with Gasteiger partial charge in [0.2, 0.25) is 5.91 Å². The van der Waals surface area contributed by atoms with Gasteiger partial charge in [0.15, 0.2) is 11.5 Å². The van der Waals surface area contributed by atoms with Crippen LogP contribution in [0.3, 0.4) is 0 Å². The molecule has 1 fully saturated rings. The standard InChI is InChI=1S/C17H23NO4/c1-12(19)14-6-8-18(9-7-14)17(20)11-13-4-5-15(21-2)16(10-13)22-3/h4-5,10,14H,6-9,11H2,1-3H3. The molecule has 1 aromatic rings. The fourth-order valence-corrected chi connectivity index (χ4v) is 2.81. The van der Waals surface area contributed by atoms with E-state index >= 15 is 0 Å². The van der Waals surface area contributed by atoms with E-state index < -0.39 is 0 Å². The van der Waals surface area contributed by atoms with E-state index in [2.05, 4.69) is 0 Å². The fraction of sp³-hybridized carbons (Fsp3) is 0.529. The first-order valence-electron chi connectivity index (χ1n) is 7.54. The van der Waals surface area contributed by atoms with Gasteiger partial charge in [-0.15, -0.1) is 0 Å². The number of methoxy groups -OCH3 is 2. The summed E-state index contributed by atoms with van der Waals surface area (Å²) in [5.74, 6) is 1.72. The maximum absolute atomic E-state index is 12.4. The minimum Gasteiger partial charge on any atom is -0.493 e. The molecule has 0 bridgehead atoms. The van der Waals surface area contributed by atoms with Crippen LogP contribution in [0.1, 0.15) is 25.3 Å². The molecule has 1 heterocycles. The molecule has 0 spiro atoms. The molecule has 5 nitrogen and oxygen atoms in total. The molecule has 0 saturated carbocycles. The average molecular weight is 305 g/mol. The third kappa shape index (κ3) is 3.78. The predicted molar refractivity (Wildman–Crippen MR) is 83.2 cm³/mol. The zero-order valence-corrected chi connectivity index (χ0v) is 13.4. The lowest BCUT2D eigenvalue weighted by Crippen LogP contribution is -2.40. The number of carbonyl (C=O) groups excluding carboxylic acids is 2. The second-order valence-corrected chi connectivity index (χ2v) is 5.63. The largest absolute Gasteiger partial charge is 0.493 e. The summed E-state index contributed by atoms with van der Waals surface area (Å²) in [6.45, 7) is 2.96. The third-order valence-corrected chi connectivity index (χ3v) is 4.23. The van der Waals surface area contributed by atoms with Gasteiger partial charge < -0.3 is 14.4 Å². The number of nitrogens with zero attached hydrogens (tertiary/aromatic N) is 1. The van der Waals surface area contributed by atoms with Crippen LogP contribution in [-0.4, -0.2) is 43.9 Å². The van der Waals surface area contributed by atoms with Crippen molar-refractivity contribution < 1.29 is 19.1 Å². The number of likely N-dealkylation sites (tertiary alicyclic amines) is 1. The number of Topliss-reactive ketones (excluding diaryl/α,β-unsaturated/α-hetero) is 1. The van der Waals surface area contributed by atoms with Crippen molar-refractivity contribution in [2.75, 3.05) is 27.3 Å². The highest BCUT2D eigenvalue weighted by molar-refractivity contribution is 5.81. The van der Waals surface area contributed by atoms with Crippen molar-refractivity contribution in [2.45, 2.75) is 26.2 Å². The highest BCUT2D eigenvalue weighted by atomic mass is 16.5. The predicted octanol–water partition coefficient (Wildman–Crippen LogP) is 2.07. The van der Waals surface area contributed by atoms with Crippen LogP contribution in [0.15, 0.2) is 18.2 Å². The molecule has 1 aliphatic heterocycles. The second-order valence-electron chi connectivity index (χ2n) is 5.63. The Labute approximate surface area is 131 Å². The van der Waals surface area contributed by atoms with E-state index in [1.54, 1.807) is 21.1 Å². The van der Waals surface area contributed by atoms with Gasteiger partial charge in [-0.2, -0.15) is 0 Å². The Bertz CT molecular complexity index is 548. The first kappa shape index (κ1) is 16.3. The van der Waals surface area contributed by atoms with Crippen LogP contribution in [0.2, 0.25) is 0 Å². The topological polar surface area (TPSA) is 55.8 Å². The molecule has 0 unspecified atom stereocenters. The lowest BCUT2D eigenvalue weighted by Gasteiger charge is -2.31. The summed E-state index contributed by atoms with van der Waals surface area (Å²) in [7, 11) is 3.16. The molecule has 1 aromatic carbocycles. The minimum atomic E-state index is 0.0919. The van der Waals surface area contributed by atoms with Crippen LogP contribution in [0.25, 0.3) is 0 Å². The Morgan fingerprint density at radius 2 is 1.77 bits per heavy atom. The van der Waals surface area contributed by atoms with Gasteiger partial charge in [-0.3, -0.25) is 9.59 Å². The maximum atomic E-state index is 12.4. The number of piperidine rings is 1. The van der Waals surface area contributed by atoms with E-state index in [9.17, 15) is 9.59 Å². The molecule has 1 aliphatic rings. The number of amides is 1. The zero-order valence-electron chi connectivity index (χ0n) is 13.4. The summed E-state index contributed by atoms with van der Waals surface area (Å²) in [5.41, 5.74) is 0.899. The average Bonchev–Trinajstić information content (AvgIpc) is 2.54. The van der Waals surface area contributed by atoms with Gasteiger partial charge in [-0.25, -0.2) is 0 Å². The van der Waals surface area contributed by atoms with Crippen LogP contribution in [0, 0.1) is 5.92 Å². The van der Waals surface area contributed by atoms with Crippen LogP contribution >= 0.6 is 0 Å². The summed E-state index contributed by atoms with van der Waals surface area (Å²) in [4.78, 5) is 25.6. The number of carbonyl (C=O) groups is 2. The fourth-order valence-electron chi connectivity index (χ4n) is 2.81. The van der Waals surface area contributed by atoms with Gasteiger partial charge in [0.1, 0.15) is 5.78 Å². The van der Waals surface area contributed by atoms with Gasteiger partial charge in [-0.05, 0) is 37.5 Å². The van der Waals surface area contributed by atoms with E-state index in [0.29, 0.717) is 31.0 Å². The first-order valence-corrected chi connectivity index (χ1v) is 7.54. The van der Waals surface area contributed by atoms with Crippen molar-refractivity contribution >= 4 is 11.7 Å². The van der Waals surface area contributed by atoms with Crippen LogP contribution in [-0.2, 0) is 16.0 Å². The number of ether oxygens (including phenoxy) is 2. The quantitative estimate of drug-likeness (QED) is 0.835. The van der Waals surface area contributed by atoms with E-state index in [-0.39, 0.29) is 17.6 Å².